The van der Waals surface area contributed by atoms with Crippen LogP contribution in [0.2, 0.25) is 0 Å². The molecular formula is C13H14N2O. The van der Waals surface area contributed by atoms with Gasteiger partial charge in [-0.1, -0.05) is 18.2 Å². The molecule has 1 aromatic carbocycles. The molecule has 0 aliphatic rings. The van der Waals surface area contributed by atoms with Crippen molar-refractivity contribution in [3.63, 3.8) is 0 Å². The van der Waals surface area contributed by atoms with Crippen molar-refractivity contribution in [3.05, 3.63) is 42.6 Å². The lowest BCUT2D eigenvalue weighted by atomic mass is 10.1. The molecule has 1 heterocycles. The molecule has 0 unspecified atom stereocenters. The van der Waals surface area contributed by atoms with Crippen molar-refractivity contribution in [3.8, 4) is 16.9 Å². The summed E-state index contributed by atoms with van der Waals surface area (Å²) in [5, 5.41) is 0. The second kappa shape index (κ2) is 4.66. The summed E-state index contributed by atoms with van der Waals surface area (Å²) in [6.45, 7) is 2.62. The predicted octanol–water partition coefficient (Wildman–Crippen LogP) is 2.73. The van der Waals surface area contributed by atoms with E-state index in [0.29, 0.717) is 12.4 Å². The smallest absolute Gasteiger partial charge is 0.127 e. The summed E-state index contributed by atoms with van der Waals surface area (Å²) < 4.78 is 5.57. The van der Waals surface area contributed by atoms with E-state index in [1.165, 1.54) is 0 Å². The minimum Gasteiger partial charge on any atom is -0.493 e. The van der Waals surface area contributed by atoms with Crippen LogP contribution in [-0.4, -0.2) is 11.6 Å². The highest BCUT2D eigenvalue weighted by molar-refractivity contribution is 5.71. The third-order valence-corrected chi connectivity index (χ3v) is 2.28. The van der Waals surface area contributed by atoms with E-state index in [4.69, 9.17) is 10.5 Å². The number of nitrogens with zero attached hydrogens (tertiary/aromatic N) is 1. The zero-order valence-corrected chi connectivity index (χ0v) is 9.18. The van der Waals surface area contributed by atoms with E-state index in [2.05, 4.69) is 4.98 Å². The quantitative estimate of drug-likeness (QED) is 0.854. The Kier molecular flexibility index (Phi) is 3.05. The van der Waals surface area contributed by atoms with Crippen LogP contribution in [0.3, 0.4) is 0 Å². The molecule has 0 aliphatic heterocycles. The molecule has 0 saturated heterocycles. The second-order valence-corrected chi connectivity index (χ2v) is 3.40. The van der Waals surface area contributed by atoms with Crippen LogP contribution >= 0.6 is 0 Å². The number of aromatic nitrogens is 1. The van der Waals surface area contributed by atoms with Gasteiger partial charge in [0, 0.05) is 11.8 Å². The zero-order chi connectivity index (χ0) is 11.4. The van der Waals surface area contributed by atoms with E-state index < -0.39 is 0 Å². The summed E-state index contributed by atoms with van der Waals surface area (Å²) in [5.41, 5.74) is 7.73. The highest BCUT2D eigenvalue weighted by Gasteiger charge is 2.05. The van der Waals surface area contributed by atoms with Gasteiger partial charge in [-0.15, -0.1) is 0 Å². The number of hydrogen-bond donors (Lipinski definition) is 1. The van der Waals surface area contributed by atoms with Gasteiger partial charge in [0.15, 0.2) is 0 Å². The SMILES string of the molecule is CCOc1ccccc1-c1ccnc(N)c1. The lowest BCUT2D eigenvalue weighted by Crippen LogP contribution is -1.95. The summed E-state index contributed by atoms with van der Waals surface area (Å²) in [6, 6.07) is 11.7. The van der Waals surface area contributed by atoms with Gasteiger partial charge in [-0.2, -0.15) is 0 Å². The minimum absolute atomic E-state index is 0.517. The average Bonchev–Trinajstić information content (AvgIpc) is 2.30. The number of benzene rings is 1. The number of ether oxygens (including phenoxy) is 1. The maximum absolute atomic E-state index is 5.67. The molecule has 0 amide bonds. The molecule has 0 saturated carbocycles. The summed E-state index contributed by atoms with van der Waals surface area (Å²) in [4.78, 5) is 3.98. The third kappa shape index (κ3) is 2.14. The highest BCUT2D eigenvalue weighted by atomic mass is 16.5. The minimum atomic E-state index is 0.517. The van der Waals surface area contributed by atoms with Gasteiger partial charge >= 0.3 is 0 Å². The molecule has 0 radical (unpaired) electrons. The largest absolute Gasteiger partial charge is 0.493 e. The van der Waals surface area contributed by atoms with E-state index in [-0.39, 0.29) is 0 Å². The Bertz CT molecular complexity index is 483. The number of hydrogen-bond acceptors (Lipinski definition) is 3. The van der Waals surface area contributed by atoms with Crippen LogP contribution in [0.1, 0.15) is 6.92 Å². The standard InChI is InChI=1S/C13H14N2O/c1-2-16-12-6-4-3-5-11(12)10-7-8-15-13(14)9-10/h3-9H,2H2,1H3,(H2,14,15). The maximum Gasteiger partial charge on any atom is 0.127 e. The van der Waals surface area contributed by atoms with Crippen molar-refractivity contribution >= 4 is 5.82 Å². The van der Waals surface area contributed by atoms with Crippen molar-refractivity contribution in [2.75, 3.05) is 12.3 Å². The van der Waals surface area contributed by atoms with E-state index in [9.17, 15) is 0 Å². The molecule has 0 spiro atoms. The van der Waals surface area contributed by atoms with Crippen molar-refractivity contribution < 1.29 is 4.74 Å². The lowest BCUT2D eigenvalue weighted by Gasteiger charge is -2.09. The monoisotopic (exact) mass is 214 g/mol. The van der Waals surface area contributed by atoms with Gasteiger partial charge < -0.3 is 10.5 Å². The molecule has 2 rings (SSSR count). The van der Waals surface area contributed by atoms with Crippen LogP contribution in [0.25, 0.3) is 11.1 Å². The maximum atomic E-state index is 5.67. The van der Waals surface area contributed by atoms with Crippen molar-refractivity contribution in [1.82, 2.24) is 4.98 Å². The lowest BCUT2D eigenvalue weighted by molar-refractivity contribution is 0.341. The van der Waals surface area contributed by atoms with Gasteiger partial charge in [-0.05, 0) is 30.7 Å². The molecule has 0 atom stereocenters. The molecule has 1 aromatic heterocycles. The molecule has 0 aliphatic carbocycles. The molecule has 2 N–H and O–H groups in total. The molecule has 2 aromatic rings. The number of anilines is 1. The van der Waals surface area contributed by atoms with Gasteiger partial charge in [0.2, 0.25) is 0 Å². The molecular weight excluding hydrogens is 200 g/mol. The predicted molar refractivity (Wildman–Crippen MR) is 65.3 cm³/mol. The van der Waals surface area contributed by atoms with Crippen LogP contribution in [0, 0.1) is 0 Å². The van der Waals surface area contributed by atoms with Crippen LogP contribution in [0.15, 0.2) is 42.6 Å². The summed E-state index contributed by atoms with van der Waals surface area (Å²) in [5.74, 6) is 1.39. The average molecular weight is 214 g/mol. The van der Waals surface area contributed by atoms with E-state index in [1.54, 1.807) is 6.20 Å². The van der Waals surface area contributed by atoms with Crippen LogP contribution in [0.4, 0.5) is 5.82 Å². The van der Waals surface area contributed by atoms with Crippen molar-refractivity contribution in [2.45, 2.75) is 6.92 Å². The third-order valence-electron chi connectivity index (χ3n) is 2.28. The molecule has 3 heteroatoms. The summed E-state index contributed by atoms with van der Waals surface area (Å²) in [7, 11) is 0. The fourth-order valence-corrected chi connectivity index (χ4v) is 1.60. The first kappa shape index (κ1) is 10.5. The van der Waals surface area contributed by atoms with Gasteiger partial charge in [0.1, 0.15) is 11.6 Å². The van der Waals surface area contributed by atoms with Crippen LogP contribution < -0.4 is 10.5 Å². The van der Waals surface area contributed by atoms with E-state index >= 15 is 0 Å². The molecule has 0 fully saturated rings. The fraction of sp³-hybridized carbons (Fsp3) is 0.154. The van der Waals surface area contributed by atoms with Crippen LogP contribution in [0.5, 0.6) is 5.75 Å². The first-order valence-electron chi connectivity index (χ1n) is 5.25. The second-order valence-electron chi connectivity index (χ2n) is 3.40. The number of rotatable bonds is 3. The van der Waals surface area contributed by atoms with Crippen LogP contribution in [-0.2, 0) is 0 Å². The number of para-hydroxylation sites is 1. The molecule has 16 heavy (non-hydrogen) atoms. The Morgan fingerprint density at radius 2 is 2.06 bits per heavy atom. The molecule has 82 valence electrons. The van der Waals surface area contributed by atoms with Crippen molar-refractivity contribution in [2.24, 2.45) is 0 Å². The zero-order valence-electron chi connectivity index (χ0n) is 9.18. The van der Waals surface area contributed by atoms with E-state index in [1.807, 2.05) is 43.3 Å². The number of nitrogens with two attached hydrogens (primary N) is 1. The Morgan fingerprint density at radius 3 is 2.81 bits per heavy atom. The summed E-state index contributed by atoms with van der Waals surface area (Å²) in [6.07, 6.45) is 1.70. The number of pyridine rings is 1. The summed E-state index contributed by atoms with van der Waals surface area (Å²) >= 11 is 0. The Hall–Kier alpha value is -2.03. The van der Waals surface area contributed by atoms with E-state index in [0.717, 1.165) is 16.9 Å². The molecule has 3 nitrogen and oxygen atoms in total. The molecule has 0 bridgehead atoms. The Labute approximate surface area is 94.9 Å². The number of nitrogen functional groups attached to an aromatic ring is 1. The first-order chi connectivity index (χ1) is 7.81. The first-order valence-corrected chi connectivity index (χ1v) is 5.25. The normalized spacial score (nSPS) is 10.1. The Morgan fingerprint density at radius 1 is 1.25 bits per heavy atom. The van der Waals surface area contributed by atoms with Gasteiger partial charge in [-0.3, -0.25) is 0 Å². The Balaban J connectivity index is 2.46. The van der Waals surface area contributed by atoms with Gasteiger partial charge in [-0.25, -0.2) is 4.98 Å². The highest BCUT2D eigenvalue weighted by Crippen LogP contribution is 2.30. The van der Waals surface area contributed by atoms with Gasteiger partial charge in [0.25, 0.3) is 0 Å². The topological polar surface area (TPSA) is 48.1 Å². The van der Waals surface area contributed by atoms with Crippen molar-refractivity contribution in [1.29, 1.82) is 0 Å². The van der Waals surface area contributed by atoms with Gasteiger partial charge in [0.05, 0.1) is 6.61 Å². The fourth-order valence-electron chi connectivity index (χ4n) is 1.60.